The van der Waals surface area contributed by atoms with E-state index in [2.05, 4.69) is 61.9 Å². The van der Waals surface area contributed by atoms with Gasteiger partial charge in [-0.1, -0.05) is 25.9 Å². The smallest absolute Gasteiger partial charge is 0.232 e. The van der Waals surface area contributed by atoms with Crippen LogP contribution in [0.4, 0.5) is 0 Å². The van der Waals surface area contributed by atoms with Crippen LogP contribution in [-0.4, -0.2) is 51.1 Å². The summed E-state index contributed by atoms with van der Waals surface area (Å²) in [4.78, 5) is 11.5. The zero-order valence-corrected chi connectivity index (χ0v) is 18.7. The van der Waals surface area contributed by atoms with Crippen molar-refractivity contribution in [3.63, 3.8) is 0 Å². The van der Waals surface area contributed by atoms with Gasteiger partial charge in [-0.15, -0.1) is 24.0 Å². The Labute approximate surface area is 166 Å². The van der Waals surface area contributed by atoms with Gasteiger partial charge in [-0.3, -0.25) is 0 Å². The van der Waals surface area contributed by atoms with Gasteiger partial charge in [-0.05, 0) is 20.8 Å². The van der Waals surface area contributed by atoms with Gasteiger partial charge in [0.05, 0.1) is 0 Å². The van der Waals surface area contributed by atoms with Crippen LogP contribution >= 0.6 is 35.7 Å². The molecule has 1 N–H and O–H groups in total. The average Bonchev–Trinajstić information content (AvgIpc) is 2.91. The second-order valence-electron chi connectivity index (χ2n) is 7.47. The lowest BCUT2D eigenvalue weighted by molar-refractivity contribution is 0.318. The number of halogens is 1. The molecule has 1 saturated heterocycles. The van der Waals surface area contributed by atoms with Gasteiger partial charge in [-0.25, -0.2) is 4.99 Å². The van der Waals surface area contributed by atoms with Crippen molar-refractivity contribution < 1.29 is 4.52 Å². The van der Waals surface area contributed by atoms with Crippen molar-refractivity contribution in [3.8, 4) is 0 Å². The average molecular weight is 467 g/mol. The molecule has 0 amide bonds. The van der Waals surface area contributed by atoms with Gasteiger partial charge >= 0.3 is 0 Å². The van der Waals surface area contributed by atoms with Crippen LogP contribution in [0.1, 0.15) is 53.3 Å². The minimum Gasteiger partial charge on any atom is -0.357 e. The first-order valence-corrected chi connectivity index (χ1v) is 9.20. The molecular formula is C16H30IN5OS. The third kappa shape index (κ3) is 6.09. The normalized spacial score (nSPS) is 18.2. The predicted octanol–water partition coefficient (Wildman–Crippen LogP) is 3.28. The minimum absolute atomic E-state index is 0. The van der Waals surface area contributed by atoms with E-state index in [9.17, 15) is 0 Å². The molecule has 0 unspecified atom stereocenters. The molecule has 0 saturated carbocycles. The number of hydrogen-bond acceptors (Lipinski definition) is 5. The Balaban J connectivity index is 0.00000288. The molecule has 1 aliphatic rings. The van der Waals surface area contributed by atoms with Crippen LogP contribution in [0.25, 0.3) is 0 Å². The Kier molecular flexibility index (Phi) is 7.83. The van der Waals surface area contributed by atoms with Crippen molar-refractivity contribution in [1.29, 1.82) is 0 Å². The van der Waals surface area contributed by atoms with E-state index >= 15 is 0 Å². The summed E-state index contributed by atoms with van der Waals surface area (Å²) in [5.41, 5.74) is -0.131. The van der Waals surface area contributed by atoms with Gasteiger partial charge in [0, 0.05) is 35.5 Å². The maximum atomic E-state index is 5.33. The molecule has 1 aromatic rings. The van der Waals surface area contributed by atoms with Gasteiger partial charge in [0.1, 0.15) is 6.54 Å². The number of nitrogens with zero attached hydrogens (tertiary/aromatic N) is 4. The largest absolute Gasteiger partial charge is 0.357 e. The molecule has 0 aromatic carbocycles. The van der Waals surface area contributed by atoms with E-state index in [0.717, 1.165) is 31.3 Å². The third-order valence-electron chi connectivity index (χ3n) is 3.54. The Bertz CT molecular complexity index is 553. The highest BCUT2D eigenvalue weighted by atomic mass is 127. The van der Waals surface area contributed by atoms with Gasteiger partial charge in [0.15, 0.2) is 11.8 Å². The van der Waals surface area contributed by atoms with E-state index in [-0.39, 0.29) is 34.1 Å². The van der Waals surface area contributed by atoms with E-state index in [1.54, 1.807) is 0 Å². The maximum Gasteiger partial charge on any atom is 0.232 e. The molecule has 0 bridgehead atoms. The second-order valence-corrected chi connectivity index (χ2v) is 9.27. The van der Waals surface area contributed by atoms with Crippen molar-refractivity contribution in [2.45, 2.75) is 58.2 Å². The summed E-state index contributed by atoms with van der Waals surface area (Å²) in [6.07, 6.45) is 0. The highest BCUT2D eigenvalue weighted by molar-refractivity contribution is 14.0. The van der Waals surface area contributed by atoms with Crippen LogP contribution in [0.5, 0.6) is 0 Å². The SMILES string of the molecule is CCNC(=NCc1noc(C(C)(C)C)n1)N1CCSC(C)(C)C1.I. The molecule has 0 spiro atoms. The molecule has 2 heterocycles. The van der Waals surface area contributed by atoms with Crippen LogP contribution in [0, 0.1) is 0 Å². The van der Waals surface area contributed by atoms with Crippen LogP contribution in [-0.2, 0) is 12.0 Å². The molecule has 6 nitrogen and oxygen atoms in total. The fourth-order valence-electron chi connectivity index (χ4n) is 2.39. The van der Waals surface area contributed by atoms with Gasteiger partial charge in [-0.2, -0.15) is 16.7 Å². The summed E-state index contributed by atoms with van der Waals surface area (Å²) in [5.74, 6) is 3.34. The van der Waals surface area contributed by atoms with Crippen molar-refractivity contribution in [1.82, 2.24) is 20.4 Å². The number of hydrogen-bond donors (Lipinski definition) is 1. The summed E-state index contributed by atoms with van der Waals surface area (Å²) >= 11 is 2.02. The summed E-state index contributed by atoms with van der Waals surface area (Å²) in [6, 6.07) is 0. The Morgan fingerprint density at radius 1 is 1.42 bits per heavy atom. The summed E-state index contributed by atoms with van der Waals surface area (Å²) < 4.78 is 5.58. The Morgan fingerprint density at radius 2 is 2.12 bits per heavy atom. The number of thioether (sulfide) groups is 1. The number of aromatic nitrogens is 2. The van der Waals surface area contributed by atoms with Crippen LogP contribution in [0.2, 0.25) is 0 Å². The highest BCUT2D eigenvalue weighted by Gasteiger charge is 2.28. The first-order valence-electron chi connectivity index (χ1n) is 8.21. The number of nitrogens with one attached hydrogen (secondary N) is 1. The monoisotopic (exact) mass is 467 g/mol. The zero-order chi connectivity index (χ0) is 17.1. The van der Waals surface area contributed by atoms with E-state index in [0.29, 0.717) is 18.3 Å². The fraction of sp³-hybridized carbons (Fsp3) is 0.812. The third-order valence-corrected chi connectivity index (χ3v) is 4.84. The molecule has 1 aliphatic heterocycles. The van der Waals surface area contributed by atoms with Crippen molar-refractivity contribution in [2.75, 3.05) is 25.4 Å². The van der Waals surface area contributed by atoms with E-state index in [1.165, 1.54) is 0 Å². The minimum atomic E-state index is -0.131. The van der Waals surface area contributed by atoms with Crippen molar-refractivity contribution in [3.05, 3.63) is 11.7 Å². The molecule has 1 fully saturated rings. The standard InChI is InChI=1S/C16H29N5OS.HI/c1-7-17-14(21-8-9-23-16(5,6)11-21)18-10-12-19-13(22-20-12)15(2,3)4;/h7-11H2,1-6H3,(H,17,18);1H. The molecule has 138 valence electrons. The number of guanidine groups is 1. The first kappa shape index (κ1) is 21.5. The summed E-state index contributed by atoms with van der Waals surface area (Å²) in [5, 5.41) is 7.42. The number of aliphatic imine (C=N–C) groups is 1. The van der Waals surface area contributed by atoms with Crippen molar-refractivity contribution in [2.24, 2.45) is 4.99 Å². The Morgan fingerprint density at radius 3 is 2.67 bits per heavy atom. The molecule has 1 aromatic heterocycles. The van der Waals surface area contributed by atoms with Gasteiger partial charge in [0.2, 0.25) is 5.89 Å². The fourth-order valence-corrected chi connectivity index (χ4v) is 3.50. The van der Waals surface area contributed by atoms with Crippen LogP contribution in [0.3, 0.4) is 0 Å². The quantitative estimate of drug-likeness (QED) is 0.418. The molecule has 24 heavy (non-hydrogen) atoms. The van der Waals surface area contributed by atoms with Gasteiger partial charge in [0.25, 0.3) is 0 Å². The highest BCUT2D eigenvalue weighted by Crippen LogP contribution is 2.29. The second kappa shape index (κ2) is 8.73. The van der Waals surface area contributed by atoms with E-state index in [4.69, 9.17) is 9.52 Å². The summed E-state index contributed by atoms with van der Waals surface area (Å²) in [7, 11) is 0. The molecule has 8 heteroatoms. The molecule has 0 atom stereocenters. The molecular weight excluding hydrogens is 437 g/mol. The van der Waals surface area contributed by atoms with Gasteiger partial charge < -0.3 is 14.7 Å². The Hall–Kier alpha value is -0.510. The molecule has 2 rings (SSSR count). The maximum absolute atomic E-state index is 5.33. The van der Waals surface area contributed by atoms with Crippen molar-refractivity contribution >= 4 is 41.7 Å². The van der Waals surface area contributed by atoms with Crippen LogP contribution < -0.4 is 5.32 Å². The topological polar surface area (TPSA) is 66.5 Å². The lowest BCUT2D eigenvalue weighted by Gasteiger charge is -2.39. The molecule has 0 aliphatic carbocycles. The lowest BCUT2D eigenvalue weighted by atomic mass is 9.97. The van der Waals surface area contributed by atoms with E-state index < -0.39 is 0 Å². The van der Waals surface area contributed by atoms with E-state index in [1.807, 2.05) is 11.8 Å². The number of rotatable bonds is 3. The summed E-state index contributed by atoms with van der Waals surface area (Å²) in [6.45, 7) is 16.1. The zero-order valence-electron chi connectivity index (χ0n) is 15.5. The van der Waals surface area contributed by atoms with Crippen LogP contribution in [0.15, 0.2) is 9.52 Å². The molecule has 0 radical (unpaired) electrons. The first-order chi connectivity index (χ1) is 10.7. The predicted molar refractivity (Wildman–Crippen MR) is 111 cm³/mol. The lowest BCUT2D eigenvalue weighted by Crippen LogP contribution is -2.50.